The molecule has 0 aliphatic heterocycles. The van der Waals surface area contributed by atoms with Gasteiger partial charge in [0.1, 0.15) is 11.5 Å². The number of thiophene rings is 1. The van der Waals surface area contributed by atoms with Gasteiger partial charge in [-0.05, 0) is 23.4 Å². The van der Waals surface area contributed by atoms with Gasteiger partial charge in [-0.3, -0.25) is 19.1 Å². The molecule has 0 spiro atoms. The highest BCUT2D eigenvalue weighted by atomic mass is 32.1. The summed E-state index contributed by atoms with van der Waals surface area (Å²) in [7, 11) is 0. The number of anilines is 2. The van der Waals surface area contributed by atoms with Gasteiger partial charge >= 0.3 is 5.69 Å². The van der Waals surface area contributed by atoms with Crippen LogP contribution in [0.1, 0.15) is 30.2 Å². The van der Waals surface area contributed by atoms with E-state index in [2.05, 4.69) is 10.3 Å². The second-order valence-electron chi connectivity index (χ2n) is 7.20. The predicted octanol–water partition coefficient (Wildman–Crippen LogP) is 2.30. The van der Waals surface area contributed by atoms with E-state index in [9.17, 15) is 14.4 Å². The van der Waals surface area contributed by atoms with Crippen LogP contribution in [0.5, 0.6) is 0 Å². The van der Waals surface area contributed by atoms with Crippen molar-refractivity contribution in [1.29, 1.82) is 0 Å². The predicted molar refractivity (Wildman–Crippen MR) is 124 cm³/mol. The normalized spacial score (nSPS) is 10.7. The number of nitrogens with zero attached hydrogens (tertiary/aromatic N) is 2. The summed E-state index contributed by atoms with van der Waals surface area (Å²) in [6.07, 6.45) is 1.62. The average Bonchev–Trinajstić information content (AvgIpc) is 3.26. The van der Waals surface area contributed by atoms with E-state index in [0.717, 1.165) is 23.3 Å². The first-order chi connectivity index (χ1) is 15.0. The smallest absolute Gasteiger partial charge is 0.330 e. The van der Waals surface area contributed by atoms with Crippen molar-refractivity contribution >= 4 is 28.7 Å². The first kappa shape index (κ1) is 22.4. The van der Waals surface area contributed by atoms with Crippen molar-refractivity contribution in [1.82, 2.24) is 14.9 Å². The van der Waals surface area contributed by atoms with Crippen LogP contribution in [-0.4, -0.2) is 22.0 Å². The topological polar surface area (TPSA) is 113 Å². The Kier molecular flexibility index (Phi) is 7.66. The molecule has 2 heterocycles. The van der Waals surface area contributed by atoms with Gasteiger partial charge in [-0.1, -0.05) is 49.7 Å². The Morgan fingerprint density at radius 2 is 1.97 bits per heavy atom. The molecule has 0 aliphatic carbocycles. The molecule has 0 aliphatic rings. The molecule has 1 amide bonds. The summed E-state index contributed by atoms with van der Waals surface area (Å²) in [6.45, 7) is 3.05. The highest BCUT2D eigenvalue weighted by Gasteiger charge is 2.21. The number of hydrogen-bond acceptors (Lipinski definition) is 6. The molecular weight excluding hydrogens is 414 g/mol. The number of nitrogens with one attached hydrogen (secondary N) is 2. The lowest BCUT2D eigenvalue weighted by Crippen LogP contribution is -2.42. The Bertz CT molecular complexity index is 1110. The lowest BCUT2D eigenvalue weighted by molar-refractivity contribution is -0.119. The van der Waals surface area contributed by atoms with Crippen molar-refractivity contribution in [3.05, 3.63) is 79.1 Å². The number of aromatic amines is 1. The average molecular weight is 442 g/mol. The zero-order chi connectivity index (χ0) is 22.2. The van der Waals surface area contributed by atoms with Crippen LogP contribution < -0.4 is 27.2 Å². The van der Waals surface area contributed by atoms with Gasteiger partial charge in [0.25, 0.3) is 5.56 Å². The maximum Gasteiger partial charge on any atom is 0.330 e. The Hall–Kier alpha value is -3.33. The summed E-state index contributed by atoms with van der Waals surface area (Å²) in [5, 5.41) is 4.83. The van der Waals surface area contributed by atoms with Crippen LogP contribution in [0, 0.1) is 0 Å². The minimum Gasteiger partial charge on any atom is -0.383 e. The maximum absolute atomic E-state index is 12.7. The van der Waals surface area contributed by atoms with Gasteiger partial charge < -0.3 is 16.0 Å². The summed E-state index contributed by atoms with van der Waals surface area (Å²) in [5.74, 6) is -0.168. The van der Waals surface area contributed by atoms with Crippen molar-refractivity contribution in [3.8, 4) is 0 Å². The van der Waals surface area contributed by atoms with Crippen LogP contribution in [0.15, 0.2) is 57.4 Å². The van der Waals surface area contributed by atoms with Crippen molar-refractivity contribution in [2.75, 3.05) is 17.2 Å². The molecule has 3 aromatic rings. The zero-order valence-corrected chi connectivity index (χ0v) is 18.3. The fraction of sp³-hybridized carbons (Fsp3) is 0.318. The second kappa shape index (κ2) is 10.6. The third-order valence-corrected chi connectivity index (χ3v) is 5.73. The third-order valence-electron chi connectivity index (χ3n) is 4.86. The molecular formula is C22H27N5O3S. The molecule has 0 fully saturated rings. The lowest BCUT2D eigenvalue weighted by Gasteiger charge is -2.26. The lowest BCUT2D eigenvalue weighted by atomic mass is 10.2. The molecule has 9 heteroatoms. The molecule has 4 N–H and O–H groups in total. The number of carbonyl (C=O) groups is 1. The number of H-pyrrole nitrogens is 1. The fourth-order valence-corrected chi connectivity index (χ4v) is 3.91. The van der Waals surface area contributed by atoms with Crippen LogP contribution in [-0.2, 0) is 24.4 Å². The van der Waals surface area contributed by atoms with E-state index in [0.29, 0.717) is 19.6 Å². The van der Waals surface area contributed by atoms with Gasteiger partial charge in [-0.2, -0.15) is 0 Å². The number of aromatic nitrogens is 2. The van der Waals surface area contributed by atoms with Gasteiger partial charge in [0.05, 0.1) is 13.1 Å². The van der Waals surface area contributed by atoms with E-state index >= 15 is 0 Å². The number of rotatable bonds is 10. The molecule has 3 rings (SSSR count). The monoisotopic (exact) mass is 441 g/mol. The molecule has 31 heavy (non-hydrogen) atoms. The SMILES string of the molecule is CCCCn1c(N)c(N(CC(=O)NCc2cccs2)Cc2ccccc2)c(=O)[nH]c1=O. The van der Waals surface area contributed by atoms with Gasteiger partial charge in [0.2, 0.25) is 5.91 Å². The Balaban J connectivity index is 1.91. The quantitative estimate of drug-likeness (QED) is 0.447. The number of carbonyl (C=O) groups excluding carboxylic acids is 1. The van der Waals surface area contributed by atoms with Crippen LogP contribution in [0.3, 0.4) is 0 Å². The third kappa shape index (κ3) is 5.85. The van der Waals surface area contributed by atoms with Crippen LogP contribution in [0.2, 0.25) is 0 Å². The van der Waals surface area contributed by atoms with Gasteiger partial charge in [-0.15, -0.1) is 11.3 Å². The van der Waals surface area contributed by atoms with Gasteiger partial charge in [-0.25, -0.2) is 4.79 Å². The van der Waals surface area contributed by atoms with E-state index in [1.54, 1.807) is 16.2 Å². The molecule has 0 atom stereocenters. The minimum atomic E-state index is -0.600. The molecule has 0 unspecified atom stereocenters. The van der Waals surface area contributed by atoms with Crippen LogP contribution in [0.25, 0.3) is 0 Å². The summed E-state index contributed by atoms with van der Waals surface area (Å²) < 4.78 is 1.36. The Morgan fingerprint density at radius 1 is 1.19 bits per heavy atom. The molecule has 0 saturated carbocycles. The van der Waals surface area contributed by atoms with E-state index in [1.807, 2.05) is 54.8 Å². The number of hydrogen-bond donors (Lipinski definition) is 3. The largest absolute Gasteiger partial charge is 0.383 e. The van der Waals surface area contributed by atoms with E-state index in [-0.39, 0.29) is 24.0 Å². The standard InChI is InChI=1S/C22H27N5O3S/c1-2-3-11-27-20(23)19(21(29)25-22(27)30)26(14-16-8-5-4-6-9-16)15-18(28)24-13-17-10-7-12-31-17/h4-10,12H,2-3,11,13-15,23H2,1H3,(H,24,28)(H,25,29,30). The summed E-state index contributed by atoms with van der Waals surface area (Å²) in [6, 6.07) is 13.4. The number of benzene rings is 1. The first-order valence-corrected chi connectivity index (χ1v) is 11.1. The van der Waals surface area contributed by atoms with Crippen molar-refractivity contribution in [2.45, 2.75) is 39.4 Å². The molecule has 0 bridgehead atoms. The highest BCUT2D eigenvalue weighted by molar-refractivity contribution is 7.09. The number of nitrogen functional groups attached to an aromatic ring is 1. The summed E-state index contributed by atoms with van der Waals surface area (Å²) in [4.78, 5) is 42.7. The van der Waals surface area contributed by atoms with Gasteiger partial charge in [0, 0.05) is 18.0 Å². The molecule has 0 saturated heterocycles. The van der Waals surface area contributed by atoms with Crippen molar-refractivity contribution < 1.29 is 4.79 Å². The molecule has 2 aromatic heterocycles. The molecule has 0 radical (unpaired) electrons. The van der Waals surface area contributed by atoms with Crippen molar-refractivity contribution in [2.24, 2.45) is 0 Å². The van der Waals surface area contributed by atoms with E-state index < -0.39 is 11.2 Å². The van der Waals surface area contributed by atoms with Crippen LogP contribution >= 0.6 is 11.3 Å². The fourth-order valence-electron chi connectivity index (χ4n) is 3.27. The maximum atomic E-state index is 12.7. The number of amides is 1. The second-order valence-corrected chi connectivity index (χ2v) is 8.23. The van der Waals surface area contributed by atoms with Crippen molar-refractivity contribution in [3.63, 3.8) is 0 Å². The number of nitrogens with two attached hydrogens (primary N) is 1. The Labute approximate surface area is 184 Å². The number of unbranched alkanes of at least 4 members (excludes halogenated alkanes) is 1. The Morgan fingerprint density at radius 3 is 2.65 bits per heavy atom. The summed E-state index contributed by atoms with van der Waals surface area (Å²) in [5.41, 5.74) is 6.18. The van der Waals surface area contributed by atoms with E-state index in [1.165, 1.54) is 4.57 Å². The molecule has 164 valence electrons. The molecule has 8 nitrogen and oxygen atoms in total. The van der Waals surface area contributed by atoms with Gasteiger partial charge in [0.15, 0.2) is 0 Å². The molecule has 1 aromatic carbocycles. The van der Waals surface area contributed by atoms with Crippen LogP contribution in [0.4, 0.5) is 11.5 Å². The zero-order valence-electron chi connectivity index (χ0n) is 17.5. The highest BCUT2D eigenvalue weighted by Crippen LogP contribution is 2.19. The summed E-state index contributed by atoms with van der Waals surface area (Å²) >= 11 is 1.56. The minimum absolute atomic E-state index is 0.0699. The van der Waals surface area contributed by atoms with E-state index in [4.69, 9.17) is 5.73 Å². The first-order valence-electron chi connectivity index (χ1n) is 10.2.